The van der Waals surface area contributed by atoms with Crippen LogP contribution in [0.4, 0.5) is 0 Å². The zero-order chi connectivity index (χ0) is 13.0. The monoisotopic (exact) mass is 284 g/mol. The van der Waals surface area contributed by atoms with Crippen LogP contribution in [0.5, 0.6) is 0 Å². The van der Waals surface area contributed by atoms with E-state index in [9.17, 15) is 4.79 Å². The van der Waals surface area contributed by atoms with Crippen LogP contribution in [0.1, 0.15) is 6.92 Å². The van der Waals surface area contributed by atoms with E-state index in [-0.39, 0.29) is 11.7 Å². The first-order valence-electron chi connectivity index (χ1n) is 5.30. The lowest BCUT2D eigenvalue weighted by Crippen LogP contribution is -2.02. The summed E-state index contributed by atoms with van der Waals surface area (Å²) in [7, 11) is 1.37. The number of carbonyl (C=O) groups is 1. The summed E-state index contributed by atoms with van der Waals surface area (Å²) in [5, 5.41) is 13.1. The molecule has 2 aromatic rings. The van der Waals surface area contributed by atoms with Gasteiger partial charge in [-0.3, -0.25) is 9.48 Å². The summed E-state index contributed by atoms with van der Waals surface area (Å²) in [5.74, 6) is -0.0200. The molecule has 0 aliphatic carbocycles. The van der Waals surface area contributed by atoms with E-state index in [1.165, 1.54) is 30.2 Å². The SMILES string of the molecule is CCn1nccc1-c1nnc(SCC(=O)OC)s1. The molecule has 0 spiro atoms. The summed E-state index contributed by atoms with van der Waals surface area (Å²) in [6.07, 6.45) is 1.74. The van der Waals surface area contributed by atoms with Crippen molar-refractivity contribution >= 4 is 29.1 Å². The van der Waals surface area contributed by atoms with Gasteiger partial charge in [0.1, 0.15) is 0 Å². The van der Waals surface area contributed by atoms with Crippen molar-refractivity contribution in [2.24, 2.45) is 0 Å². The maximum atomic E-state index is 11.0. The lowest BCUT2D eigenvalue weighted by molar-refractivity contribution is -0.137. The third-order valence-corrected chi connectivity index (χ3v) is 4.24. The summed E-state index contributed by atoms with van der Waals surface area (Å²) < 4.78 is 7.18. The fourth-order valence-corrected chi connectivity index (χ4v) is 3.03. The third-order valence-electron chi connectivity index (χ3n) is 2.18. The van der Waals surface area contributed by atoms with Crippen LogP contribution in [0.25, 0.3) is 10.7 Å². The number of aryl methyl sites for hydroxylation is 1. The number of carbonyl (C=O) groups excluding carboxylic acids is 1. The van der Waals surface area contributed by atoms with E-state index in [0.29, 0.717) is 0 Å². The third kappa shape index (κ3) is 2.88. The van der Waals surface area contributed by atoms with Gasteiger partial charge in [0.15, 0.2) is 9.35 Å². The fourth-order valence-electron chi connectivity index (χ4n) is 1.32. The molecule has 96 valence electrons. The number of ether oxygens (including phenoxy) is 1. The maximum Gasteiger partial charge on any atom is 0.316 e. The highest BCUT2D eigenvalue weighted by Gasteiger charge is 2.12. The van der Waals surface area contributed by atoms with Crippen molar-refractivity contribution < 1.29 is 9.53 Å². The van der Waals surface area contributed by atoms with Crippen LogP contribution in [0.15, 0.2) is 16.6 Å². The Labute approximate surface area is 112 Å². The van der Waals surface area contributed by atoms with Crippen molar-refractivity contribution in [1.29, 1.82) is 0 Å². The van der Waals surface area contributed by atoms with Gasteiger partial charge in [0.25, 0.3) is 0 Å². The summed E-state index contributed by atoms with van der Waals surface area (Å²) in [6, 6.07) is 1.90. The average molecular weight is 284 g/mol. The smallest absolute Gasteiger partial charge is 0.316 e. The molecule has 0 aliphatic heterocycles. The molecular weight excluding hydrogens is 272 g/mol. The van der Waals surface area contributed by atoms with Crippen LogP contribution in [-0.2, 0) is 16.1 Å². The van der Waals surface area contributed by atoms with Gasteiger partial charge in [-0.1, -0.05) is 23.1 Å². The van der Waals surface area contributed by atoms with Crippen molar-refractivity contribution in [3.8, 4) is 10.7 Å². The number of rotatable bonds is 5. The van der Waals surface area contributed by atoms with Crippen LogP contribution in [0, 0.1) is 0 Å². The molecule has 0 bridgehead atoms. The number of hydrogen-bond acceptors (Lipinski definition) is 7. The summed E-state index contributed by atoms with van der Waals surface area (Å²) in [5.41, 5.74) is 0.944. The zero-order valence-corrected chi connectivity index (χ0v) is 11.6. The second-order valence-electron chi connectivity index (χ2n) is 3.27. The molecule has 6 nitrogen and oxygen atoms in total. The molecule has 8 heteroatoms. The molecule has 2 aromatic heterocycles. The largest absolute Gasteiger partial charge is 0.468 e. The Morgan fingerprint density at radius 2 is 2.39 bits per heavy atom. The Kier molecular flexibility index (Phi) is 4.32. The van der Waals surface area contributed by atoms with Crippen molar-refractivity contribution in [3.63, 3.8) is 0 Å². The van der Waals surface area contributed by atoms with Crippen LogP contribution < -0.4 is 0 Å². The van der Waals surface area contributed by atoms with Gasteiger partial charge in [-0.25, -0.2) is 0 Å². The summed E-state index contributed by atoms with van der Waals surface area (Å²) >= 11 is 2.77. The molecule has 18 heavy (non-hydrogen) atoms. The topological polar surface area (TPSA) is 69.9 Å². The molecular formula is C10H12N4O2S2. The predicted octanol–water partition coefficient (Wildman–Crippen LogP) is 1.69. The average Bonchev–Trinajstić information content (AvgIpc) is 3.03. The number of nitrogens with zero attached hydrogens (tertiary/aromatic N) is 4. The van der Waals surface area contributed by atoms with Gasteiger partial charge in [0, 0.05) is 12.7 Å². The highest BCUT2D eigenvalue weighted by Crippen LogP contribution is 2.29. The van der Waals surface area contributed by atoms with Gasteiger partial charge >= 0.3 is 5.97 Å². The second-order valence-corrected chi connectivity index (χ2v) is 5.47. The Hall–Kier alpha value is -1.41. The summed E-state index contributed by atoms with van der Waals surface area (Å²) in [4.78, 5) is 11.0. The molecule has 2 rings (SSSR count). The number of methoxy groups -OCH3 is 1. The standard InChI is InChI=1S/C10H12N4O2S2/c1-3-14-7(4-5-11-14)9-12-13-10(18-9)17-6-8(15)16-2/h4-5H,3,6H2,1-2H3. The minimum absolute atomic E-state index is 0.248. The van der Waals surface area contributed by atoms with Crippen LogP contribution in [0.2, 0.25) is 0 Å². The molecule has 0 radical (unpaired) electrons. The van der Waals surface area contributed by atoms with Crippen LogP contribution >= 0.6 is 23.1 Å². The quantitative estimate of drug-likeness (QED) is 0.614. The minimum Gasteiger partial charge on any atom is -0.468 e. The van der Waals surface area contributed by atoms with Gasteiger partial charge < -0.3 is 4.74 Å². The number of aromatic nitrogens is 4. The molecule has 0 saturated heterocycles. The van der Waals surface area contributed by atoms with Crippen molar-refractivity contribution in [2.75, 3.05) is 12.9 Å². The van der Waals surface area contributed by atoms with E-state index in [4.69, 9.17) is 0 Å². The van der Waals surface area contributed by atoms with Crippen molar-refractivity contribution in [1.82, 2.24) is 20.0 Å². The fraction of sp³-hybridized carbons (Fsp3) is 0.400. The van der Waals surface area contributed by atoms with Gasteiger partial charge in [-0.2, -0.15) is 5.10 Å². The maximum absolute atomic E-state index is 11.0. The van der Waals surface area contributed by atoms with Gasteiger partial charge in [-0.05, 0) is 13.0 Å². The Morgan fingerprint density at radius 3 is 3.11 bits per heavy atom. The molecule has 2 heterocycles. The predicted molar refractivity (Wildman–Crippen MR) is 69.5 cm³/mol. The zero-order valence-electron chi connectivity index (χ0n) is 9.99. The first-order valence-corrected chi connectivity index (χ1v) is 7.10. The molecule has 0 saturated carbocycles. The first kappa shape index (κ1) is 13.0. The van der Waals surface area contributed by atoms with E-state index in [1.807, 2.05) is 17.7 Å². The van der Waals surface area contributed by atoms with Gasteiger partial charge in [0.05, 0.1) is 18.6 Å². The minimum atomic E-state index is -0.268. The van der Waals surface area contributed by atoms with Crippen molar-refractivity contribution in [2.45, 2.75) is 17.8 Å². The number of esters is 1. The van der Waals surface area contributed by atoms with E-state index in [2.05, 4.69) is 20.0 Å². The normalized spacial score (nSPS) is 10.6. The molecule has 0 aromatic carbocycles. The van der Waals surface area contributed by atoms with E-state index >= 15 is 0 Å². The molecule has 0 atom stereocenters. The van der Waals surface area contributed by atoms with E-state index in [0.717, 1.165) is 21.6 Å². The Morgan fingerprint density at radius 1 is 1.56 bits per heavy atom. The van der Waals surface area contributed by atoms with Gasteiger partial charge in [0.2, 0.25) is 0 Å². The highest BCUT2D eigenvalue weighted by atomic mass is 32.2. The molecule has 0 amide bonds. The van der Waals surface area contributed by atoms with Crippen LogP contribution in [0.3, 0.4) is 0 Å². The number of hydrogen-bond donors (Lipinski definition) is 0. The molecule has 0 fully saturated rings. The summed E-state index contributed by atoms with van der Waals surface area (Å²) in [6.45, 7) is 2.80. The van der Waals surface area contributed by atoms with Crippen molar-refractivity contribution in [3.05, 3.63) is 12.3 Å². The van der Waals surface area contributed by atoms with E-state index in [1.54, 1.807) is 6.20 Å². The first-order chi connectivity index (χ1) is 8.74. The Balaban J connectivity index is 2.08. The lowest BCUT2D eigenvalue weighted by atomic mass is 10.4. The molecule has 0 unspecified atom stereocenters. The molecule has 0 N–H and O–H groups in total. The number of thioether (sulfide) groups is 1. The van der Waals surface area contributed by atoms with Gasteiger partial charge in [-0.15, -0.1) is 10.2 Å². The molecule has 0 aliphatic rings. The van der Waals surface area contributed by atoms with Crippen LogP contribution in [-0.4, -0.2) is 38.8 Å². The van der Waals surface area contributed by atoms with E-state index < -0.39 is 0 Å². The Bertz CT molecular complexity index is 537. The second kappa shape index (κ2) is 5.96. The highest BCUT2D eigenvalue weighted by molar-refractivity contribution is 8.01. The lowest BCUT2D eigenvalue weighted by Gasteiger charge is -1.98.